The molecule has 2 aromatic rings. The molecule has 0 aliphatic carbocycles. The molecule has 0 radical (unpaired) electrons. The summed E-state index contributed by atoms with van der Waals surface area (Å²) in [6.07, 6.45) is 3.39. The minimum atomic E-state index is -0.181. The van der Waals surface area contributed by atoms with Gasteiger partial charge in [-0.3, -0.25) is 14.6 Å². The van der Waals surface area contributed by atoms with E-state index in [4.69, 9.17) is 0 Å². The van der Waals surface area contributed by atoms with E-state index in [1.807, 2.05) is 26.0 Å². The standard InChI is InChI=1S/C17H19N3O2/c1-12(2)20-17(22)15-7-5-14(6-8-15)16(21)19-11-13-4-3-9-18-10-13/h3-10,12H,11H2,1-2H3,(H,19,21)(H,20,22). The van der Waals surface area contributed by atoms with Crippen LogP contribution in [0.25, 0.3) is 0 Å². The lowest BCUT2D eigenvalue weighted by molar-refractivity contribution is 0.0934. The molecule has 22 heavy (non-hydrogen) atoms. The number of amides is 2. The Morgan fingerprint density at radius 2 is 1.68 bits per heavy atom. The molecule has 1 aromatic heterocycles. The average Bonchev–Trinajstić information content (AvgIpc) is 2.53. The van der Waals surface area contributed by atoms with Crippen molar-refractivity contribution >= 4 is 11.8 Å². The molecule has 2 N–H and O–H groups in total. The van der Waals surface area contributed by atoms with Crippen molar-refractivity contribution in [3.8, 4) is 0 Å². The van der Waals surface area contributed by atoms with E-state index in [-0.39, 0.29) is 17.9 Å². The van der Waals surface area contributed by atoms with Crippen molar-refractivity contribution in [3.63, 3.8) is 0 Å². The number of nitrogens with one attached hydrogen (secondary N) is 2. The van der Waals surface area contributed by atoms with Gasteiger partial charge < -0.3 is 10.6 Å². The van der Waals surface area contributed by atoms with Gasteiger partial charge in [0.15, 0.2) is 0 Å². The van der Waals surface area contributed by atoms with Crippen LogP contribution in [0.5, 0.6) is 0 Å². The van der Waals surface area contributed by atoms with Gasteiger partial charge in [-0.2, -0.15) is 0 Å². The number of carbonyl (C=O) groups is 2. The number of hydrogen-bond donors (Lipinski definition) is 2. The highest BCUT2D eigenvalue weighted by Gasteiger charge is 2.09. The highest BCUT2D eigenvalue weighted by Crippen LogP contribution is 2.05. The molecular formula is C17H19N3O2. The van der Waals surface area contributed by atoms with E-state index < -0.39 is 0 Å². The Balaban J connectivity index is 1.95. The van der Waals surface area contributed by atoms with Crippen molar-refractivity contribution in [2.75, 3.05) is 0 Å². The van der Waals surface area contributed by atoms with Crippen LogP contribution < -0.4 is 10.6 Å². The third kappa shape index (κ3) is 4.41. The van der Waals surface area contributed by atoms with Gasteiger partial charge in [0.25, 0.3) is 11.8 Å². The van der Waals surface area contributed by atoms with E-state index in [1.165, 1.54) is 0 Å². The van der Waals surface area contributed by atoms with Crippen LogP contribution in [0.4, 0.5) is 0 Å². The Morgan fingerprint density at radius 1 is 1.05 bits per heavy atom. The number of pyridine rings is 1. The predicted molar refractivity (Wildman–Crippen MR) is 84.5 cm³/mol. The van der Waals surface area contributed by atoms with Crippen molar-refractivity contribution in [2.24, 2.45) is 0 Å². The van der Waals surface area contributed by atoms with Gasteiger partial charge in [-0.05, 0) is 49.7 Å². The Labute approximate surface area is 129 Å². The fourth-order valence-electron chi connectivity index (χ4n) is 1.91. The summed E-state index contributed by atoms with van der Waals surface area (Å²) in [5, 5.41) is 5.62. The largest absolute Gasteiger partial charge is 0.350 e. The molecule has 5 heteroatoms. The van der Waals surface area contributed by atoms with E-state index in [0.29, 0.717) is 17.7 Å². The van der Waals surface area contributed by atoms with Gasteiger partial charge in [-0.1, -0.05) is 6.07 Å². The molecule has 0 spiro atoms. The van der Waals surface area contributed by atoms with Crippen LogP contribution in [0.15, 0.2) is 48.8 Å². The van der Waals surface area contributed by atoms with Gasteiger partial charge in [-0.15, -0.1) is 0 Å². The first-order chi connectivity index (χ1) is 10.6. The topological polar surface area (TPSA) is 71.1 Å². The lowest BCUT2D eigenvalue weighted by Gasteiger charge is -2.09. The van der Waals surface area contributed by atoms with E-state index >= 15 is 0 Å². The summed E-state index contributed by atoms with van der Waals surface area (Å²) in [5.74, 6) is -0.322. The zero-order chi connectivity index (χ0) is 15.9. The van der Waals surface area contributed by atoms with Crippen LogP contribution in [0, 0.1) is 0 Å². The first kappa shape index (κ1) is 15.7. The Hall–Kier alpha value is -2.69. The number of benzene rings is 1. The normalized spacial score (nSPS) is 10.3. The second-order valence-corrected chi connectivity index (χ2v) is 5.25. The number of hydrogen-bond acceptors (Lipinski definition) is 3. The Morgan fingerprint density at radius 3 is 2.23 bits per heavy atom. The minimum absolute atomic E-state index is 0.0787. The molecule has 0 aliphatic heterocycles. The third-order valence-corrected chi connectivity index (χ3v) is 3.00. The van der Waals surface area contributed by atoms with Gasteiger partial charge >= 0.3 is 0 Å². The quantitative estimate of drug-likeness (QED) is 0.888. The SMILES string of the molecule is CC(C)NC(=O)c1ccc(C(=O)NCc2cccnc2)cc1. The molecule has 1 heterocycles. The zero-order valence-electron chi connectivity index (χ0n) is 12.7. The van der Waals surface area contributed by atoms with Crippen LogP contribution in [0.3, 0.4) is 0 Å². The number of aromatic nitrogens is 1. The van der Waals surface area contributed by atoms with Gasteiger partial charge in [0, 0.05) is 36.1 Å². The number of rotatable bonds is 5. The molecule has 2 amide bonds. The maximum atomic E-state index is 12.0. The molecule has 1 aromatic carbocycles. The molecule has 0 fully saturated rings. The maximum absolute atomic E-state index is 12.0. The predicted octanol–water partition coefficient (Wildman–Crippen LogP) is 2.15. The average molecular weight is 297 g/mol. The summed E-state index contributed by atoms with van der Waals surface area (Å²) in [4.78, 5) is 27.9. The summed E-state index contributed by atoms with van der Waals surface area (Å²) < 4.78 is 0. The second-order valence-electron chi connectivity index (χ2n) is 5.25. The van der Waals surface area contributed by atoms with Crippen molar-refractivity contribution in [2.45, 2.75) is 26.4 Å². The van der Waals surface area contributed by atoms with Crippen molar-refractivity contribution in [1.29, 1.82) is 0 Å². The van der Waals surface area contributed by atoms with Crippen molar-refractivity contribution in [3.05, 3.63) is 65.5 Å². The van der Waals surface area contributed by atoms with Crippen molar-refractivity contribution < 1.29 is 9.59 Å². The first-order valence-electron chi connectivity index (χ1n) is 7.14. The molecular weight excluding hydrogens is 278 g/mol. The summed E-state index contributed by atoms with van der Waals surface area (Å²) >= 11 is 0. The van der Waals surface area contributed by atoms with E-state index in [1.54, 1.807) is 36.7 Å². The van der Waals surface area contributed by atoms with Crippen LogP contribution >= 0.6 is 0 Å². The lowest BCUT2D eigenvalue weighted by Crippen LogP contribution is -2.30. The van der Waals surface area contributed by atoms with E-state index in [0.717, 1.165) is 5.56 Å². The second kappa shape index (κ2) is 7.36. The molecule has 0 saturated carbocycles. The van der Waals surface area contributed by atoms with E-state index in [9.17, 15) is 9.59 Å². The molecule has 114 valence electrons. The van der Waals surface area contributed by atoms with Gasteiger partial charge in [0.1, 0.15) is 0 Å². The van der Waals surface area contributed by atoms with Crippen molar-refractivity contribution in [1.82, 2.24) is 15.6 Å². The lowest BCUT2D eigenvalue weighted by atomic mass is 10.1. The monoisotopic (exact) mass is 297 g/mol. The Bertz CT molecular complexity index is 637. The van der Waals surface area contributed by atoms with E-state index in [2.05, 4.69) is 15.6 Å². The fraction of sp³-hybridized carbons (Fsp3) is 0.235. The summed E-state index contributed by atoms with van der Waals surface area (Å²) in [6.45, 7) is 4.22. The zero-order valence-corrected chi connectivity index (χ0v) is 12.7. The highest BCUT2D eigenvalue weighted by molar-refractivity contribution is 5.97. The molecule has 0 aliphatic rings. The van der Waals surface area contributed by atoms with Crippen LogP contribution in [0.2, 0.25) is 0 Å². The number of carbonyl (C=O) groups excluding carboxylic acids is 2. The van der Waals surface area contributed by atoms with Gasteiger partial charge in [0.2, 0.25) is 0 Å². The molecule has 0 bridgehead atoms. The summed E-state index contributed by atoms with van der Waals surface area (Å²) in [6, 6.07) is 10.4. The Kier molecular flexibility index (Phi) is 5.25. The molecule has 0 saturated heterocycles. The van der Waals surface area contributed by atoms with Crippen LogP contribution in [0.1, 0.15) is 40.1 Å². The third-order valence-electron chi connectivity index (χ3n) is 3.00. The molecule has 0 atom stereocenters. The van der Waals surface area contributed by atoms with Crippen LogP contribution in [-0.4, -0.2) is 22.8 Å². The molecule has 0 unspecified atom stereocenters. The number of nitrogens with zero attached hydrogens (tertiary/aromatic N) is 1. The minimum Gasteiger partial charge on any atom is -0.350 e. The first-order valence-corrected chi connectivity index (χ1v) is 7.14. The molecule has 5 nitrogen and oxygen atoms in total. The van der Waals surface area contributed by atoms with Gasteiger partial charge in [0.05, 0.1) is 0 Å². The maximum Gasteiger partial charge on any atom is 0.251 e. The fourth-order valence-corrected chi connectivity index (χ4v) is 1.91. The van der Waals surface area contributed by atoms with Gasteiger partial charge in [-0.25, -0.2) is 0 Å². The molecule has 2 rings (SSSR count). The summed E-state index contributed by atoms with van der Waals surface area (Å²) in [7, 11) is 0. The smallest absolute Gasteiger partial charge is 0.251 e. The van der Waals surface area contributed by atoms with Crippen LogP contribution in [-0.2, 0) is 6.54 Å². The highest BCUT2D eigenvalue weighted by atomic mass is 16.2. The summed E-state index contributed by atoms with van der Waals surface area (Å²) in [5.41, 5.74) is 1.99.